The van der Waals surface area contributed by atoms with E-state index in [1.807, 2.05) is 31.2 Å². The van der Waals surface area contributed by atoms with E-state index in [1.165, 1.54) is 148 Å². The molecule has 0 radical (unpaired) electrons. The Morgan fingerprint density at radius 2 is 0.713 bits per heavy atom. The van der Waals surface area contributed by atoms with Crippen LogP contribution in [0.2, 0.25) is 0 Å². The van der Waals surface area contributed by atoms with Crippen molar-refractivity contribution in [2.24, 2.45) is 23.7 Å². The minimum absolute atomic E-state index is 0.0120. The van der Waals surface area contributed by atoms with Crippen LogP contribution in [0.25, 0.3) is 18.2 Å². The van der Waals surface area contributed by atoms with Gasteiger partial charge in [0.05, 0.1) is 57.4 Å². The molecule has 0 saturated heterocycles. The second-order valence-corrected chi connectivity index (χ2v) is 37.3. The maximum atomic E-state index is 11.8. The van der Waals surface area contributed by atoms with Gasteiger partial charge >= 0.3 is 0 Å². The number of nitro groups is 3. The van der Waals surface area contributed by atoms with Crippen molar-refractivity contribution in [2.75, 3.05) is 48.6 Å². The van der Waals surface area contributed by atoms with Gasteiger partial charge in [0.15, 0.2) is 23.0 Å². The highest BCUT2D eigenvalue weighted by atomic mass is 16.6. The van der Waals surface area contributed by atoms with Crippen LogP contribution in [0, 0.1) is 60.9 Å². The maximum absolute atomic E-state index is 11.8. The van der Waals surface area contributed by atoms with Gasteiger partial charge in [-0.3, -0.25) is 30.3 Å². The highest BCUT2D eigenvalue weighted by Gasteiger charge is 2.62. The molecular weight excluding hydrogens is 1520 g/mol. The van der Waals surface area contributed by atoms with Crippen LogP contribution in [0.3, 0.4) is 0 Å². The molecule has 7 unspecified atom stereocenters. The molecule has 0 N–H and O–H groups in total. The average Bonchev–Trinajstić information content (AvgIpc) is 1.55. The Kier molecular flexibility index (Phi) is 28.0. The molecule has 6 aliphatic rings. The Morgan fingerprint density at radius 3 is 1.06 bits per heavy atom. The Balaban J connectivity index is 0.000000313. The number of hydrogen-bond acceptors (Lipinski definition) is 14. The Labute approximate surface area is 725 Å². The Hall–Kier alpha value is -10.7. The summed E-state index contributed by atoms with van der Waals surface area (Å²) < 4.78 is 32.3. The number of non-ortho nitro benzene ring substituents is 3. The number of allylic oxidation sites excluding steroid dienone is 1. The molecule has 646 valence electrons. The average molecular weight is 1650 g/mol. The van der Waals surface area contributed by atoms with Crippen LogP contribution < -0.4 is 38.4 Å². The van der Waals surface area contributed by atoms with E-state index in [-0.39, 0.29) is 37.7 Å². The van der Waals surface area contributed by atoms with Crippen molar-refractivity contribution in [3.63, 3.8) is 0 Å². The molecule has 0 aromatic heterocycles. The molecule has 17 nitrogen and oxygen atoms in total. The molecule has 0 saturated carbocycles. The number of para-hydroxylation sites is 3. The van der Waals surface area contributed by atoms with E-state index in [1.54, 1.807) is 31.4 Å². The zero-order chi connectivity index (χ0) is 86.7. The molecule has 7 atom stereocenters. The first-order valence-corrected chi connectivity index (χ1v) is 45.1. The summed E-state index contributed by atoms with van der Waals surface area (Å²) in [5.41, 5.74) is 9.65. The van der Waals surface area contributed by atoms with Gasteiger partial charge in [0.25, 0.3) is 17.1 Å². The van der Waals surface area contributed by atoms with Crippen LogP contribution in [0.5, 0.6) is 28.7 Å². The summed E-state index contributed by atoms with van der Waals surface area (Å²) in [7, 11) is 3.06. The standard InChI is InChI=1S/C77H96N4O7.C28H34N2O4/c1-54(2)59(35-19-13-11-15-29-45-78-69-39-27-25-37-67(69)74(6,7)76(78)43-41-61-51-65(80(82)83)47-56(5)72(61)87-76)48-63(57-31-21-17-22-32-57)50-64(58-33-23-18-24-34-58)49-60(55(3)4)36-20-14-12-16-30-46-79-70-40-28-26-38-68(70)75(8,9)77(79)44-42-62-52-66(81(84)85)53-71(86-10)73(62)88-77;1-5-6-7-8-9-10-13-18-29-24-15-12-11-14-23(24)27(2,3)28(29)17-16-21-19-22(30(31)32)20-25(33-4)26(21)34-28/h17-18,21-28,31-34,37-44,47,51-55,59-60,63-64H,11-16,19-20,29-30,35-36,45-46,48-50H2,1-10H3;5,11-12,14-17,19-20H,1,6-10,13,18H2,2-4H3. The van der Waals surface area contributed by atoms with Crippen molar-refractivity contribution in [1.82, 2.24) is 0 Å². The molecular formula is C105H130N6O11. The van der Waals surface area contributed by atoms with Crippen LogP contribution >= 0.6 is 0 Å². The summed E-state index contributed by atoms with van der Waals surface area (Å²) >= 11 is 0. The van der Waals surface area contributed by atoms with Gasteiger partial charge in [0.2, 0.25) is 17.2 Å². The summed E-state index contributed by atoms with van der Waals surface area (Å²) in [6.07, 6.45) is 38.8. The van der Waals surface area contributed by atoms with E-state index in [2.05, 4.69) is 242 Å². The zero-order valence-electron chi connectivity index (χ0n) is 74.5. The molecule has 0 aliphatic carbocycles. The predicted octanol–water partition coefficient (Wildman–Crippen LogP) is 27.3. The molecule has 0 fully saturated rings. The first-order valence-electron chi connectivity index (χ1n) is 45.1. The second-order valence-electron chi connectivity index (χ2n) is 37.3. The first kappa shape index (κ1) is 89.1. The topological polar surface area (TPSA) is 185 Å². The smallest absolute Gasteiger partial charge is 0.274 e. The summed E-state index contributed by atoms with van der Waals surface area (Å²) in [4.78, 5) is 41.1. The molecule has 0 amide bonds. The number of anilines is 3. The summed E-state index contributed by atoms with van der Waals surface area (Å²) in [6.45, 7) is 31.5. The quantitative estimate of drug-likeness (QED) is 0.0153. The lowest BCUT2D eigenvalue weighted by atomic mass is 9.72. The van der Waals surface area contributed by atoms with Crippen molar-refractivity contribution in [3.8, 4) is 28.7 Å². The third-order valence-electron chi connectivity index (χ3n) is 28.1. The van der Waals surface area contributed by atoms with Crippen LogP contribution in [0.15, 0.2) is 201 Å². The maximum Gasteiger partial charge on any atom is 0.274 e. The molecule has 3 spiro atoms. The molecule has 6 aliphatic heterocycles. The van der Waals surface area contributed by atoms with Crippen LogP contribution in [0.1, 0.15) is 266 Å². The normalized spacial score (nSPS) is 19.6. The molecule has 8 aromatic rings. The van der Waals surface area contributed by atoms with Crippen molar-refractivity contribution >= 4 is 52.4 Å². The van der Waals surface area contributed by atoms with E-state index in [0.717, 1.165) is 87.9 Å². The SMILES string of the molecule is C=CCCCCCCCN1c2ccccc2C(C)(C)C12C=Cc1cc([N+](=O)[O-])cc(OC)c1O2.COc1cc([N+](=O)[O-])cc2c1OC1(C=C2)N(CCCCCCCC(CC(CC(CC(CCCCCCCN2c3ccccc3C(C)(C)C23C=Cc2cc([N+](=O)[O-])cc(C)c2O3)C(C)C)c2ccccc2)c2ccccc2)C(C)C)c2ccccc2C1(C)C. The monoisotopic (exact) mass is 1650 g/mol. The number of ether oxygens (including phenoxy) is 5. The van der Waals surface area contributed by atoms with Crippen molar-refractivity contribution in [3.05, 3.63) is 281 Å². The van der Waals surface area contributed by atoms with E-state index < -0.39 is 27.5 Å². The lowest BCUT2D eigenvalue weighted by Gasteiger charge is -2.47. The fourth-order valence-corrected chi connectivity index (χ4v) is 20.9. The van der Waals surface area contributed by atoms with Crippen LogP contribution in [0.4, 0.5) is 34.1 Å². The molecule has 6 heterocycles. The zero-order valence-corrected chi connectivity index (χ0v) is 74.5. The third-order valence-corrected chi connectivity index (χ3v) is 28.1. The molecule has 14 rings (SSSR count). The lowest BCUT2D eigenvalue weighted by Crippen LogP contribution is -2.59. The van der Waals surface area contributed by atoms with Crippen molar-refractivity contribution in [1.29, 1.82) is 0 Å². The van der Waals surface area contributed by atoms with Gasteiger partial charge in [-0.2, -0.15) is 0 Å². The Bertz CT molecular complexity index is 5090. The van der Waals surface area contributed by atoms with Crippen LogP contribution in [-0.2, 0) is 16.2 Å². The fourth-order valence-electron chi connectivity index (χ4n) is 20.9. The lowest BCUT2D eigenvalue weighted by molar-refractivity contribution is -0.385. The highest BCUT2D eigenvalue weighted by Crippen LogP contribution is 2.60. The number of fused-ring (bicyclic) bond motifs is 6. The molecule has 17 heteroatoms. The van der Waals surface area contributed by atoms with Crippen molar-refractivity contribution in [2.45, 2.75) is 256 Å². The summed E-state index contributed by atoms with van der Waals surface area (Å²) in [6, 6.07) is 57.9. The molecule has 8 aromatic carbocycles. The molecule has 122 heavy (non-hydrogen) atoms. The number of methoxy groups -OCH3 is 2. The third kappa shape index (κ3) is 17.9. The second kappa shape index (κ2) is 38.4. The van der Waals surface area contributed by atoms with E-state index >= 15 is 0 Å². The predicted molar refractivity (Wildman–Crippen MR) is 497 cm³/mol. The van der Waals surface area contributed by atoms with Gasteiger partial charge < -0.3 is 38.4 Å². The number of nitrogens with zero attached hydrogens (tertiary/aromatic N) is 6. The number of rotatable bonds is 39. The summed E-state index contributed by atoms with van der Waals surface area (Å²) in [5.74, 6) is 5.92. The Morgan fingerprint density at radius 1 is 0.402 bits per heavy atom. The largest absolute Gasteiger partial charge is 0.493 e. The first-order chi connectivity index (χ1) is 58.6. The van der Waals surface area contributed by atoms with Gasteiger partial charge in [-0.1, -0.05) is 233 Å². The van der Waals surface area contributed by atoms with Crippen molar-refractivity contribution < 1.29 is 38.5 Å². The molecule has 0 bridgehead atoms. The minimum Gasteiger partial charge on any atom is -0.493 e. The minimum atomic E-state index is -0.825. The van der Waals surface area contributed by atoms with Gasteiger partial charge in [0, 0.05) is 77.7 Å². The van der Waals surface area contributed by atoms with E-state index in [9.17, 15) is 30.3 Å². The van der Waals surface area contributed by atoms with Gasteiger partial charge in [0.1, 0.15) is 5.75 Å². The number of unbranched alkanes of at least 4 members (excludes halogenated alkanes) is 13. The van der Waals surface area contributed by atoms with Gasteiger partial charge in [-0.25, -0.2) is 0 Å². The number of benzene rings is 8. The number of hydrogen-bond donors (Lipinski definition) is 0. The van der Waals surface area contributed by atoms with Gasteiger partial charge in [-0.15, -0.1) is 6.58 Å². The van der Waals surface area contributed by atoms with E-state index in [4.69, 9.17) is 23.7 Å². The summed E-state index contributed by atoms with van der Waals surface area (Å²) in [5, 5.41) is 35.0. The van der Waals surface area contributed by atoms with Gasteiger partial charge in [-0.05, 0) is 223 Å². The number of aryl methyl sites for hydroxylation is 1. The van der Waals surface area contributed by atoms with Crippen LogP contribution in [-0.4, -0.2) is 65.8 Å². The number of nitro benzene ring substituents is 3. The fraction of sp³-hybridized carbons (Fsp3) is 0.467. The highest BCUT2D eigenvalue weighted by molar-refractivity contribution is 5.78. The van der Waals surface area contributed by atoms with E-state index in [0.29, 0.717) is 69.6 Å².